The number of fused-ring (bicyclic) bond motifs is 1. The summed E-state index contributed by atoms with van der Waals surface area (Å²) < 4.78 is 5.41. The van der Waals surface area contributed by atoms with Crippen LogP contribution >= 0.6 is 23.7 Å². The number of hydrogen-bond acceptors (Lipinski definition) is 4. The normalized spacial score (nSPS) is 22.6. The Hall–Kier alpha value is -0.620. The van der Waals surface area contributed by atoms with Gasteiger partial charge in [0.2, 0.25) is 0 Å². The number of ether oxygens (including phenoxy) is 1. The standard InChI is InChI=1S/C13H18N2O2S.ClH/c14-10-2-1-4-15(7-10)13(16)12-6-9-8-17-5-3-11(9)18-12;/h6,10H,1-5,7-8,14H2;1H. The lowest BCUT2D eigenvalue weighted by atomic mass is 10.1. The van der Waals surface area contributed by atoms with Gasteiger partial charge in [-0.2, -0.15) is 0 Å². The van der Waals surface area contributed by atoms with Gasteiger partial charge in [-0.05, 0) is 24.5 Å². The molecule has 106 valence electrons. The monoisotopic (exact) mass is 302 g/mol. The van der Waals surface area contributed by atoms with E-state index in [1.165, 1.54) is 10.4 Å². The number of piperidine rings is 1. The summed E-state index contributed by atoms with van der Waals surface area (Å²) in [4.78, 5) is 16.5. The number of amides is 1. The van der Waals surface area contributed by atoms with Crippen molar-refractivity contribution in [2.45, 2.75) is 31.9 Å². The first kappa shape index (κ1) is 14.8. The van der Waals surface area contributed by atoms with Gasteiger partial charge in [0.25, 0.3) is 5.91 Å². The van der Waals surface area contributed by atoms with Crippen LogP contribution < -0.4 is 5.73 Å². The van der Waals surface area contributed by atoms with Crippen molar-refractivity contribution >= 4 is 29.7 Å². The molecular weight excluding hydrogens is 284 g/mol. The van der Waals surface area contributed by atoms with Crippen molar-refractivity contribution in [3.05, 3.63) is 21.4 Å². The Morgan fingerprint density at radius 2 is 2.37 bits per heavy atom. The van der Waals surface area contributed by atoms with E-state index in [1.807, 2.05) is 11.0 Å². The number of carbonyl (C=O) groups is 1. The molecule has 0 bridgehead atoms. The molecule has 1 fully saturated rings. The van der Waals surface area contributed by atoms with E-state index in [4.69, 9.17) is 10.5 Å². The molecule has 1 unspecified atom stereocenters. The van der Waals surface area contributed by atoms with E-state index < -0.39 is 0 Å². The number of likely N-dealkylation sites (tertiary alicyclic amines) is 1. The predicted molar refractivity (Wildman–Crippen MR) is 78.0 cm³/mol. The van der Waals surface area contributed by atoms with Gasteiger partial charge in [-0.15, -0.1) is 23.7 Å². The van der Waals surface area contributed by atoms with Crippen LogP contribution in [0.4, 0.5) is 0 Å². The van der Waals surface area contributed by atoms with E-state index in [0.717, 1.165) is 37.3 Å². The summed E-state index contributed by atoms with van der Waals surface area (Å²) in [6, 6.07) is 2.14. The SMILES string of the molecule is Cl.NC1CCCN(C(=O)c2cc3c(s2)CCOC3)C1. The van der Waals surface area contributed by atoms with E-state index in [1.54, 1.807) is 11.3 Å². The zero-order valence-electron chi connectivity index (χ0n) is 10.8. The van der Waals surface area contributed by atoms with Crippen LogP contribution in [0.15, 0.2) is 6.07 Å². The van der Waals surface area contributed by atoms with E-state index in [2.05, 4.69) is 0 Å². The van der Waals surface area contributed by atoms with Crippen molar-refractivity contribution in [3.63, 3.8) is 0 Å². The van der Waals surface area contributed by atoms with Gasteiger partial charge in [0.1, 0.15) is 0 Å². The molecule has 6 heteroatoms. The molecule has 0 aliphatic carbocycles. The maximum atomic E-state index is 12.4. The molecule has 4 nitrogen and oxygen atoms in total. The van der Waals surface area contributed by atoms with E-state index >= 15 is 0 Å². The second kappa shape index (κ2) is 6.22. The van der Waals surface area contributed by atoms with Gasteiger partial charge >= 0.3 is 0 Å². The highest BCUT2D eigenvalue weighted by Gasteiger charge is 2.25. The van der Waals surface area contributed by atoms with E-state index in [0.29, 0.717) is 13.2 Å². The molecule has 0 aromatic carbocycles. The lowest BCUT2D eigenvalue weighted by molar-refractivity contribution is 0.0713. The average Bonchev–Trinajstić information content (AvgIpc) is 2.81. The number of carbonyl (C=O) groups excluding carboxylic acids is 1. The Bertz CT molecular complexity index is 440. The van der Waals surface area contributed by atoms with Crippen molar-refractivity contribution in [1.82, 2.24) is 4.90 Å². The van der Waals surface area contributed by atoms with Crippen molar-refractivity contribution < 1.29 is 9.53 Å². The first-order chi connectivity index (χ1) is 8.74. The summed E-state index contributed by atoms with van der Waals surface area (Å²) in [6.45, 7) is 2.96. The third kappa shape index (κ3) is 3.11. The topological polar surface area (TPSA) is 55.6 Å². The fourth-order valence-corrected chi connectivity index (χ4v) is 3.72. The molecule has 1 aromatic rings. The van der Waals surface area contributed by atoms with Gasteiger partial charge in [0.15, 0.2) is 0 Å². The third-order valence-corrected chi connectivity index (χ3v) is 4.81. The minimum absolute atomic E-state index is 0. The van der Waals surface area contributed by atoms with Crippen LogP contribution in [0, 0.1) is 0 Å². The molecular formula is C13H19ClN2O2S. The number of halogens is 1. The number of nitrogens with zero attached hydrogens (tertiary/aromatic N) is 1. The lowest BCUT2D eigenvalue weighted by Gasteiger charge is -2.30. The highest BCUT2D eigenvalue weighted by atomic mass is 35.5. The van der Waals surface area contributed by atoms with E-state index in [-0.39, 0.29) is 24.4 Å². The molecule has 19 heavy (non-hydrogen) atoms. The first-order valence-corrected chi connectivity index (χ1v) is 7.30. The van der Waals surface area contributed by atoms with Crippen LogP contribution in [-0.2, 0) is 17.8 Å². The van der Waals surface area contributed by atoms with Crippen molar-refractivity contribution in [2.75, 3.05) is 19.7 Å². The second-order valence-electron chi connectivity index (χ2n) is 5.02. The maximum Gasteiger partial charge on any atom is 0.263 e. The number of rotatable bonds is 1. The van der Waals surface area contributed by atoms with Gasteiger partial charge in [0, 0.05) is 30.4 Å². The molecule has 1 aromatic heterocycles. The lowest BCUT2D eigenvalue weighted by Crippen LogP contribution is -2.45. The smallest absolute Gasteiger partial charge is 0.263 e. The number of hydrogen-bond donors (Lipinski definition) is 1. The molecule has 0 radical (unpaired) electrons. The van der Waals surface area contributed by atoms with Crippen molar-refractivity contribution in [1.29, 1.82) is 0 Å². The van der Waals surface area contributed by atoms with E-state index in [9.17, 15) is 4.79 Å². The van der Waals surface area contributed by atoms with Crippen LogP contribution in [0.3, 0.4) is 0 Å². The summed E-state index contributed by atoms with van der Waals surface area (Å²) in [7, 11) is 0. The van der Waals surface area contributed by atoms with Gasteiger partial charge < -0.3 is 15.4 Å². The zero-order valence-corrected chi connectivity index (χ0v) is 12.4. The van der Waals surface area contributed by atoms with Gasteiger partial charge in [0.05, 0.1) is 18.1 Å². The summed E-state index contributed by atoms with van der Waals surface area (Å²) in [6.07, 6.45) is 2.98. The molecule has 2 N–H and O–H groups in total. The number of thiophene rings is 1. The zero-order chi connectivity index (χ0) is 12.5. The molecule has 2 aliphatic heterocycles. The van der Waals surface area contributed by atoms with Crippen LogP contribution in [-0.4, -0.2) is 36.5 Å². The van der Waals surface area contributed by atoms with Gasteiger partial charge in [-0.25, -0.2) is 0 Å². The van der Waals surface area contributed by atoms with Crippen LogP contribution in [0.1, 0.15) is 33.0 Å². The number of nitrogens with two attached hydrogens (primary N) is 1. The average molecular weight is 303 g/mol. The summed E-state index contributed by atoms with van der Waals surface area (Å²) in [5.74, 6) is 0.143. The first-order valence-electron chi connectivity index (χ1n) is 6.48. The van der Waals surface area contributed by atoms with Crippen molar-refractivity contribution in [3.8, 4) is 0 Å². The molecule has 1 atom stereocenters. The fraction of sp³-hybridized carbons (Fsp3) is 0.615. The summed E-state index contributed by atoms with van der Waals surface area (Å²) in [5.41, 5.74) is 7.12. The fourth-order valence-electron chi connectivity index (χ4n) is 2.60. The Kier molecular flexibility index (Phi) is 4.84. The molecule has 1 amide bonds. The maximum absolute atomic E-state index is 12.4. The second-order valence-corrected chi connectivity index (χ2v) is 6.15. The third-order valence-electron chi connectivity index (χ3n) is 3.58. The highest BCUT2D eigenvalue weighted by Crippen LogP contribution is 2.28. The quantitative estimate of drug-likeness (QED) is 0.861. The molecule has 3 heterocycles. The van der Waals surface area contributed by atoms with Gasteiger partial charge in [-0.3, -0.25) is 4.79 Å². The Balaban J connectivity index is 0.00000133. The minimum Gasteiger partial charge on any atom is -0.376 e. The molecule has 0 saturated carbocycles. The molecule has 3 rings (SSSR count). The van der Waals surface area contributed by atoms with Gasteiger partial charge in [-0.1, -0.05) is 0 Å². The largest absolute Gasteiger partial charge is 0.376 e. The van der Waals surface area contributed by atoms with Crippen LogP contribution in [0.2, 0.25) is 0 Å². The van der Waals surface area contributed by atoms with Crippen LogP contribution in [0.5, 0.6) is 0 Å². The predicted octanol–water partition coefficient (Wildman–Crippen LogP) is 1.81. The summed E-state index contributed by atoms with van der Waals surface area (Å²) >= 11 is 1.63. The van der Waals surface area contributed by atoms with Crippen molar-refractivity contribution in [2.24, 2.45) is 5.73 Å². The Morgan fingerprint density at radius 1 is 1.53 bits per heavy atom. The Morgan fingerprint density at radius 3 is 3.11 bits per heavy atom. The molecule has 0 spiro atoms. The summed E-state index contributed by atoms with van der Waals surface area (Å²) in [5, 5.41) is 0. The molecule has 2 aliphatic rings. The molecule has 1 saturated heterocycles. The highest BCUT2D eigenvalue weighted by molar-refractivity contribution is 7.14. The Labute approximate surface area is 123 Å². The van der Waals surface area contributed by atoms with Crippen LogP contribution in [0.25, 0.3) is 0 Å². The minimum atomic E-state index is 0.